The van der Waals surface area contributed by atoms with Gasteiger partial charge in [-0.05, 0) is 43.2 Å². The summed E-state index contributed by atoms with van der Waals surface area (Å²) in [5.74, 6) is 1.82. The van der Waals surface area contributed by atoms with E-state index >= 15 is 0 Å². The number of piperazine rings is 1. The Morgan fingerprint density at radius 3 is 2.94 bits per heavy atom. The van der Waals surface area contributed by atoms with Crippen molar-refractivity contribution in [3.63, 3.8) is 0 Å². The molecule has 3 aromatic rings. The number of ether oxygens (including phenoxy) is 2. The third-order valence-electron chi connectivity index (χ3n) is 6.40. The number of carbonyl (C=O) groups is 1. The molecule has 3 heterocycles. The van der Waals surface area contributed by atoms with Gasteiger partial charge < -0.3 is 18.9 Å². The standard InChI is InChI=1S/C24H27N3O4/c1-29-24(28)18-5-4-6-20(13-18)30-16-17-9-10-19-15-27(12-11-26(19)14-17)23-21-7-2-3-8-22(21)31-25-23/h2-8,13,17,19H,9-12,14-16H2,1H3/t17-,19+/m1/s1. The molecule has 1 aromatic heterocycles. The van der Waals surface area contributed by atoms with Gasteiger partial charge in [-0.15, -0.1) is 0 Å². The van der Waals surface area contributed by atoms with Crippen molar-refractivity contribution in [3.05, 3.63) is 54.1 Å². The lowest BCUT2D eigenvalue weighted by atomic mass is 9.91. The van der Waals surface area contributed by atoms with E-state index in [1.165, 1.54) is 7.11 Å². The molecule has 5 rings (SSSR count). The molecule has 0 unspecified atom stereocenters. The Hall–Kier alpha value is -3.06. The lowest BCUT2D eigenvalue weighted by molar-refractivity contribution is 0.0599. The maximum atomic E-state index is 11.7. The lowest BCUT2D eigenvalue weighted by Crippen LogP contribution is -2.57. The van der Waals surface area contributed by atoms with Crippen molar-refractivity contribution in [2.24, 2.45) is 5.92 Å². The van der Waals surface area contributed by atoms with Gasteiger partial charge in [0.05, 0.1) is 24.7 Å². The number of esters is 1. The Morgan fingerprint density at radius 2 is 2.03 bits per heavy atom. The number of carbonyl (C=O) groups excluding carboxylic acids is 1. The fourth-order valence-electron chi connectivity index (χ4n) is 4.73. The van der Waals surface area contributed by atoms with Crippen LogP contribution in [0.15, 0.2) is 53.1 Å². The van der Waals surface area contributed by atoms with E-state index in [1.54, 1.807) is 12.1 Å². The van der Waals surface area contributed by atoms with Crippen LogP contribution in [-0.2, 0) is 4.74 Å². The van der Waals surface area contributed by atoms with Crippen LogP contribution >= 0.6 is 0 Å². The Morgan fingerprint density at radius 1 is 1.13 bits per heavy atom. The number of methoxy groups -OCH3 is 1. The van der Waals surface area contributed by atoms with Gasteiger partial charge >= 0.3 is 5.97 Å². The number of nitrogens with zero attached hydrogens (tertiary/aromatic N) is 3. The molecule has 2 fully saturated rings. The summed E-state index contributed by atoms with van der Waals surface area (Å²) in [6, 6.07) is 15.8. The average molecular weight is 421 g/mol. The normalized spacial score (nSPS) is 21.6. The first kappa shape index (κ1) is 19.9. The second-order valence-electron chi connectivity index (χ2n) is 8.37. The van der Waals surface area contributed by atoms with Crippen molar-refractivity contribution in [2.45, 2.75) is 18.9 Å². The minimum absolute atomic E-state index is 0.344. The summed E-state index contributed by atoms with van der Waals surface area (Å²) in [7, 11) is 1.39. The summed E-state index contributed by atoms with van der Waals surface area (Å²) in [5.41, 5.74) is 1.36. The number of hydrogen-bond acceptors (Lipinski definition) is 7. The van der Waals surface area contributed by atoms with E-state index in [0.29, 0.717) is 29.9 Å². The van der Waals surface area contributed by atoms with Crippen LogP contribution in [0.4, 0.5) is 5.82 Å². The molecule has 0 amide bonds. The van der Waals surface area contributed by atoms with Gasteiger partial charge in [0.1, 0.15) is 5.75 Å². The molecule has 2 atom stereocenters. The van der Waals surface area contributed by atoms with E-state index in [4.69, 9.17) is 14.0 Å². The zero-order valence-corrected chi connectivity index (χ0v) is 17.7. The maximum Gasteiger partial charge on any atom is 0.337 e. The Bertz CT molecular complexity index is 1070. The molecule has 7 nitrogen and oxygen atoms in total. The third kappa shape index (κ3) is 4.10. The monoisotopic (exact) mass is 421 g/mol. The molecule has 0 saturated carbocycles. The van der Waals surface area contributed by atoms with Gasteiger partial charge in [-0.25, -0.2) is 4.79 Å². The summed E-state index contributed by atoms with van der Waals surface area (Å²) in [5, 5.41) is 5.43. The number of piperidine rings is 1. The molecule has 2 saturated heterocycles. The second kappa shape index (κ2) is 8.59. The third-order valence-corrected chi connectivity index (χ3v) is 6.40. The number of fused-ring (bicyclic) bond motifs is 2. The van der Waals surface area contributed by atoms with Crippen LogP contribution in [0.2, 0.25) is 0 Å². The molecule has 2 aromatic carbocycles. The summed E-state index contributed by atoms with van der Waals surface area (Å²) in [6.45, 7) is 4.63. The Labute approximate surface area is 181 Å². The number of rotatable bonds is 5. The van der Waals surface area contributed by atoms with Crippen LogP contribution in [0.25, 0.3) is 11.0 Å². The number of aromatic nitrogens is 1. The molecule has 0 radical (unpaired) electrons. The lowest BCUT2D eigenvalue weighted by Gasteiger charge is -2.46. The molecular formula is C24H27N3O4. The van der Waals surface area contributed by atoms with Crippen molar-refractivity contribution >= 4 is 22.8 Å². The minimum atomic E-state index is -0.344. The van der Waals surface area contributed by atoms with Crippen LogP contribution < -0.4 is 9.64 Å². The zero-order chi connectivity index (χ0) is 21.2. The van der Waals surface area contributed by atoms with Crippen molar-refractivity contribution in [1.29, 1.82) is 0 Å². The fraction of sp³-hybridized carbons (Fsp3) is 0.417. The topological polar surface area (TPSA) is 68.0 Å². The van der Waals surface area contributed by atoms with Crippen molar-refractivity contribution in [3.8, 4) is 5.75 Å². The molecule has 0 bridgehead atoms. The fourth-order valence-corrected chi connectivity index (χ4v) is 4.73. The molecule has 0 aliphatic carbocycles. The Kier molecular flexibility index (Phi) is 5.51. The quantitative estimate of drug-likeness (QED) is 0.583. The SMILES string of the molecule is COC(=O)c1cccc(OC[C@@H]2CC[C@H]3CN(c4noc5ccccc45)CCN3C2)c1. The number of para-hydroxylation sites is 1. The zero-order valence-electron chi connectivity index (χ0n) is 17.7. The number of anilines is 1. The first-order valence-corrected chi connectivity index (χ1v) is 10.9. The van der Waals surface area contributed by atoms with Gasteiger partial charge in [0.25, 0.3) is 0 Å². The predicted molar refractivity (Wildman–Crippen MR) is 118 cm³/mol. The predicted octanol–water partition coefficient (Wildman–Crippen LogP) is 3.59. The van der Waals surface area contributed by atoms with E-state index in [9.17, 15) is 4.79 Å². The average Bonchev–Trinajstić information content (AvgIpc) is 3.26. The first-order valence-electron chi connectivity index (χ1n) is 10.9. The second-order valence-corrected chi connectivity index (χ2v) is 8.37. The summed E-state index contributed by atoms with van der Waals surface area (Å²) in [4.78, 5) is 16.7. The summed E-state index contributed by atoms with van der Waals surface area (Å²) in [6.07, 6.45) is 2.27. The van der Waals surface area contributed by atoms with E-state index in [0.717, 1.165) is 55.8 Å². The molecule has 0 spiro atoms. The number of hydrogen-bond donors (Lipinski definition) is 0. The van der Waals surface area contributed by atoms with Gasteiger partial charge in [-0.1, -0.05) is 23.4 Å². The van der Waals surface area contributed by atoms with E-state index < -0.39 is 0 Å². The van der Waals surface area contributed by atoms with Crippen LogP contribution in [0.1, 0.15) is 23.2 Å². The van der Waals surface area contributed by atoms with Crippen molar-refractivity contribution in [2.75, 3.05) is 44.8 Å². The largest absolute Gasteiger partial charge is 0.493 e. The van der Waals surface area contributed by atoms with E-state index in [1.807, 2.05) is 30.3 Å². The van der Waals surface area contributed by atoms with Gasteiger partial charge in [-0.3, -0.25) is 4.90 Å². The minimum Gasteiger partial charge on any atom is -0.493 e. The molecule has 2 aliphatic heterocycles. The van der Waals surface area contributed by atoms with Crippen LogP contribution in [0.5, 0.6) is 5.75 Å². The smallest absolute Gasteiger partial charge is 0.337 e. The molecule has 2 aliphatic rings. The summed E-state index contributed by atoms with van der Waals surface area (Å²) >= 11 is 0. The van der Waals surface area contributed by atoms with E-state index in [2.05, 4.69) is 21.0 Å². The van der Waals surface area contributed by atoms with E-state index in [-0.39, 0.29) is 5.97 Å². The van der Waals surface area contributed by atoms with Gasteiger partial charge in [-0.2, -0.15) is 0 Å². The van der Waals surface area contributed by atoms with Crippen molar-refractivity contribution in [1.82, 2.24) is 10.1 Å². The summed E-state index contributed by atoms with van der Waals surface area (Å²) < 4.78 is 16.3. The molecule has 7 heteroatoms. The maximum absolute atomic E-state index is 11.7. The molecule has 162 valence electrons. The molecular weight excluding hydrogens is 394 g/mol. The first-order chi connectivity index (χ1) is 15.2. The van der Waals surface area contributed by atoms with Crippen LogP contribution in [-0.4, -0.2) is 62.0 Å². The van der Waals surface area contributed by atoms with Crippen LogP contribution in [0.3, 0.4) is 0 Å². The highest BCUT2D eigenvalue weighted by Gasteiger charge is 2.34. The highest BCUT2D eigenvalue weighted by Crippen LogP contribution is 2.31. The number of benzene rings is 2. The van der Waals surface area contributed by atoms with Crippen molar-refractivity contribution < 1.29 is 18.8 Å². The van der Waals surface area contributed by atoms with Gasteiger partial charge in [0, 0.05) is 38.1 Å². The highest BCUT2D eigenvalue weighted by atomic mass is 16.5. The van der Waals surface area contributed by atoms with Gasteiger partial charge in [0.15, 0.2) is 11.4 Å². The van der Waals surface area contributed by atoms with Gasteiger partial charge in [0.2, 0.25) is 0 Å². The highest BCUT2D eigenvalue weighted by molar-refractivity contribution is 5.89. The molecule has 0 N–H and O–H groups in total. The molecule has 31 heavy (non-hydrogen) atoms. The Balaban J connectivity index is 1.17. The van der Waals surface area contributed by atoms with Crippen LogP contribution in [0, 0.1) is 5.92 Å².